The average Bonchev–Trinajstić information content (AvgIpc) is 2.57. The number of anilines is 2. The second-order valence-electron chi connectivity index (χ2n) is 6.13. The molecule has 0 unspecified atom stereocenters. The van der Waals surface area contributed by atoms with Gasteiger partial charge in [0, 0.05) is 27.2 Å². The lowest BCUT2D eigenvalue weighted by Crippen LogP contribution is -2.30. The van der Waals surface area contributed by atoms with E-state index in [0.29, 0.717) is 6.04 Å². The fourth-order valence-electron chi connectivity index (χ4n) is 3.13. The zero-order chi connectivity index (χ0) is 16.1. The van der Waals surface area contributed by atoms with E-state index < -0.39 is 0 Å². The second kappa shape index (κ2) is 9.81. The molecule has 5 heteroatoms. The van der Waals surface area contributed by atoms with Crippen LogP contribution in [0.1, 0.15) is 37.7 Å². The van der Waals surface area contributed by atoms with Crippen molar-refractivity contribution < 1.29 is 0 Å². The first-order chi connectivity index (χ1) is 11.2. The van der Waals surface area contributed by atoms with E-state index >= 15 is 0 Å². The smallest absolute Gasteiger partial charge is 0.0575 e. The fraction of sp³-hybridized carbons (Fsp3) is 0.368. The molecule has 0 atom stereocenters. The zero-order valence-corrected chi connectivity index (χ0v) is 17.5. The van der Waals surface area contributed by atoms with Crippen LogP contribution in [0.5, 0.6) is 0 Å². The van der Waals surface area contributed by atoms with Crippen molar-refractivity contribution in [2.45, 2.75) is 44.7 Å². The normalized spacial score (nSPS) is 14.9. The molecule has 1 aliphatic carbocycles. The maximum absolute atomic E-state index is 3.74. The van der Waals surface area contributed by atoms with Crippen LogP contribution in [0.4, 0.5) is 11.4 Å². The molecule has 0 aromatic heterocycles. The van der Waals surface area contributed by atoms with Gasteiger partial charge in [-0.3, -0.25) is 0 Å². The summed E-state index contributed by atoms with van der Waals surface area (Å²) in [5.74, 6) is 0. The first-order valence-corrected chi connectivity index (χ1v) is 9.84. The quantitative estimate of drug-likeness (QED) is 0.498. The largest absolute Gasteiger partial charge is 0.354 e. The summed E-state index contributed by atoms with van der Waals surface area (Å²) in [6.45, 7) is 0.887. The number of halogens is 3. The Hall–Kier alpha value is -0.550. The molecule has 1 aliphatic rings. The maximum Gasteiger partial charge on any atom is 0.0575 e. The molecular weight excluding hydrogens is 451 g/mol. The Morgan fingerprint density at radius 2 is 1.67 bits per heavy atom. The molecule has 2 N–H and O–H groups in total. The van der Waals surface area contributed by atoms with E-state index in [1.54, 1.807) is 0 Å². The van der Waals surface area contributed by atoms with E-state index in [4.69, 9.17) is 0 Å². The van der Waals surface area contributed by atoms with E-state index in [1.165, 1.54) is 37.7 Å². The number of para-hydroxylation sites is 1. The lowest BCUT2D eigenvalue weighted by molar-refractivity contribution is 0.372. The Morgan fingerprint density at radius 1 is 0.958 bits per heavy atom. The highest BCUT2D eigenvalue weighted by Gasteiger charge is 2.15. The molecule has 1 saturated carbocycles. The summed E-state index contributed by atoms with van der Waals surface area (Å²) in [5.41, 5.74) is 3.53. The highest BCUT2D eigenvalue weighted by atomic mass is 79.9. The molecule has 0 amide bonds. The van der Waals surface area contributed by atoms with Gasteiger partial charge in [-0.05, 0) is 58.6 Å². The van der Waals surface area contributed by atoms with Crippen molar-refractivity contribution in [2.75, 3.05) is 5.32 Å². The molecule has 0 bridgehead atoms. The fourth-order valence-corrected chi connectivity index (χ4v) is 4.55. The zero-order valence-electron chi connectivity index (χ0n) is 13.5. The van der Waals surface area contributed by atoms with Gasteiger partial charge in [-0.1, -0.05) is 53.4 Å². The summed E-state index contributed by atoms with van der Waals surface area (Å²) in [4.78, 5) is 0. The van der Waals surface area contributed by atoms with Gasteiger partial charge in [-0.15, -0.1) is 12.4 Å². The molecule has 0 spiro atoms. The highest BCUT2D eigenvalue weighted by Crippen LogP contribution is 2.33. The molecule has 2 nitrogen and oxygen atoms in total. The molecule has 2 aromatic rings. The van der Waals surface area contributed by atoms with Crippen LogP contribution in [0.2, 0.25) is 0 Å². The molecule has 0 aliphatic heterocycles. The Balaban J connectivity index is 0.00000208. The molecular formula is C19H23Br2ClN2. The van der Waals surface area contributed by atoms with Crippen molar-refractivity contribution in [3.8, 4) is 0 Å². The first kappa shape index (κ1) is 19.8. The SMILES string of the molecule is Brc1cc(Br)c(Nc2ccccc2)c(CNC2CCCCC2)c1.Cl. The van der Waals surface area contributed by atoms with Crippen molar-refractivity contribution >= 4 is 55.6 Å². The molecule has 0 saturated heterocycles. The van der Waals surface area contributed by atoms with Gasteiger partial charge in [0.1, 0.15) is 0 Å². The molecule has 2 aromatic carbocycles. The lowest BCUT2D eigenvalue weighted by Gasteiger charge is -2.24. The Bertz CT molecular complexity index is 643. The summed E-state index contributed by atoms with van der Waals surface area (Å²) in [6, 6.07) is 15.3. The number of hydrogen-bond donors (Lipinski definition) is 2. The monoisotopic (exact) mass is 472 g/mol. The van der Waals surface area contributed by atoms with Crippen molar-refractivity contribution in [1.82, 2.24) is 5.32 Å². The standard InChI is InChI=1S/C19H22Br2N2.ClH/c20-15-11-14(13-22-16-7-3-1-4-8-16)19(18(21)12-15)23-17-9-5-2-6-10-17;/h2,5-6,9-12,16,22-23H,1,3-4,7-8,13H2;1H. The predicted molar refractivity (Wildman–Crippen MR) is 113 cm³/mol. The van der Waals surface area contributed by atoms with Crippen LogP contribution in [0, 0.1) is 0 Å². The maximum atomic E-state index is 3.74. The third-order valence-electron chi connectivity index (χ3n) is 4.37. The van der Waals surface area contributed by atoms with E-state index in [1.807, 2.05) is 6.07 Å². The first-order valence-electron chi connectivity index (χ1n) is 8.26. The van der Waals surface area contributed by atoms with Crippen LogP contribution in [0.25, 0.3) is 0 Å². The molecule has 1 fully saturated rings. The predicted octanol–water partition coefficient (Wildman–Crippen LogP) is 6.80. The van der Waals surface area contributed by atoms with E-state index in [2.05, 4.69) is 78.9 Å². The molecule has 130 valence electrons. The van der Waals surface area contributed by atoms with Crippen LogP contribution in [-0.2, 0) is 6.54 Å². The molecule has 0 heterocycles. The van der Waals surface area contributed by atoms with E-state index in [9.17, 15) is 0 Å². The minimum atomic E-state index is 0. The van der Waals surface area contributed by atoms with Gasteiger partial charge in [-0.25, -0.2) is 0 Å². The average molecular weight is 475 g/mol. The van der Waals surface area contributed by atoms with Crippen molar-refractivity contribution in [2.24, 2.45) is 0 Å². The van der Waals surface area contributed by atoms with Gasteiger partial charge in [0.05, 0.1) is 5.69 Å². The van der Waals surface area contributed by atoms with Gasteiger partial charge in [0.2, 0.25) is 0 Å². The number of hydrogen-bond acceptors (Lipinski definition) is 2. The minimum absolute atomic E-state index is 0. The lowest BCUT2D eigenvalue weighted by atomic mass is 9.95. The van der Waals surface area contributed by atoms with Crippen LogP contribution in [0.3, 0.4) is 0 Å². The highest BCUT2D eigenvalue weighted by molar-refractivity contribution is 9.11. The number of benzene rings is 2. The van der Waals surface area contributed by atoms with Crippen molar-refractivity contribution in [3.05, 3.63) is 57.0 Å². The third-order valence-corrected chi connectivity index (χ3v) is 5.45. The van der Waals surface area contributed by atoms with Crippen molar-refractivity contribution in [1.29, 1.82) is 0 Å². The van der Waals surface area contributed by atoms with Crippen LogP contribution in [-0.4, -0.2) is 6.04 Å². The van der Waals surface area contributed by atoms with Gasteiger partial charge in [0.25, 0.3) is 0 Å². The number of nitrogens with one attached hydrogen (secondary N) is 2. The molecule has 3 rings (SSSR count). The minimum Gasteiger partial charge on any atom is -0.354 e. The second-order valence-corrected chi connectivity index (χ2v) is 7.90. The summed E-state index contributed by atoms with van der Waals surface area (Å²) < 4.78 is 2.18. The van der Waals surface area contributed by atoms with Gasteiger partial charge >= 0.3 is 0 Å². The van der Waals surface area contributed by atoms with Gasteiger partial charge in [0.15, 0.2) is 0 Å². The Labute approximate surface area is 167 Å². The molecule has 24 heavy (non-hydrogen) atoms. The van der Waals surface area contributed by atoms with Crippen LogP contribution >= 0.6 is 44.3 Å². The van der Waals surface area contributed by atoms with E-state index in [0.717, 1.165) is 26.9 Å². The van der Waals surface area contributed by atoms with Gasteiger partial charge < -0.3 is 10.6 Å². The van der Waals surface area contributed by atoms with Crippen LogP contribution in [0.15, 0.2) is 51.4 Å². The topological polar surface area (TPSA) is 24.1 Å². The summed E-state index contributed by atoms with van der Waals surface area (Å²) in [5, 5.41) is 7.28. The summed E-state index contributed by atoms with van der Waals surface area (Å²) in [7, 11) is 0. The molecule has 0 radical (unpaired) electrons. The van der Waals surface area contributed by atoms with Crippen LogP contribution < -0.4 is 10.6 Å². The van der Waals surface area contributed by atoms with Gasteiger partial charge in [-0.2, -0.15) is 0 Å². The van der Waals surface area contributed by atoms with Crippen molar-refractivity contribution in [3.63, 3.8) is 0 Å². The Morgan fingerprint density at radius 3 is 2.38 bits per heavy atom. The Kier molecular flexibility index (Phi) is 8.08. The summed E-state index contributed by atoms with van der Waals surface area (Å²) in [6.07, 6.45) is 6.71. The van der Waals surface area contributed by atoms with E-state index in [-0.39, 0.29) is 12.4 Å². The summed E-state index contributed by atoms with van der Waals surface area (Å²) >= 11 is 7.31. The third kappa shape index (κ3) is 5.48. The number of rotatable bonds is 5.